The molecule has 0 aliphatic carbocycles. The van der Waals surface area contributed by atoms with Crippen LogP contribution in [0.1, 0.15) is 28.7 Å². The van der Waals surface area contributed by atoms with Gasteiger partial charge in [0.15, 0.2) is 0 Å². The van der Waals surface area contributed by atoms with E-state index in [0.717, 1.165) is 25.3 Å². The molecule has 2 aromatic rings. The second-order valence-corrected chi connectivity index (χ2v) is 6.40. The first-order chi connectivity index (χ1) is 12.1. The number of amides is 1. The van der Waals surface area contributed by atoms with Crippen LogP contribution in [0, 0.1) is 12.8 Å². The van der Waals surface area contributed by atoms with Crippen molar-refractivity contribution >= 4 is 5.91 Å². The molecule has 2 aromatic heterocycles. The molecule has 25 heavy (non-hydrogen) atoms. The fraction of sp³-hybridized carbons (Fsp3) is 0.529. The number of aromatic nitrogens is 4. The lowest BCUT2D eigenvalue weighted by Crippen LogP contribution is -2.41. The maximum atomic E-state index is 12.3. The molecule has 0 saturated carbocycles. The molecule has 1 aliphatic heterocycles. The summed E-state index contributed by atoms with van der Waals surface area (Å²) in [6.45, 7) is 7.14. The van der Waals surface area contributed by atoms with Gasteiger partial charge in [0, 0.05) is 68.9 Å². The Balaban J connectivity index is 1.64. The number of nitrogens with zero attached hydrogens (tertiary/aromatic N) is 5. The summed E-state index contributed by atoms with van der Waals surface area (Å²) in [4.78, 5) is 22.5. The first kappa shape index (κ1) is 17.5. The molecule has 2 N–H and O–H groups in total. The SMILES string of the molecule is CCn1cc(CN2C[C@@H](CO)[C@H](NC(=O)c3cnccn3)C2)c(C)n1. The van der Waals surface area contributed by atoms with Gasteiger partial charge in [-0.3, -0.25) is 19.4 Å². The zero-order chi connectivity index (χ0) is 17.8. The van der Waals surface area contributed by atoms with Crippen LogP contribution in [0.25, 0.3) is 0 Å². The molecular weight excluding hydrogens is 320 g/mol. The van der Waals surface area contributed by atoms with Crippen molar-refractivity contribution in [2.24, 2.45) is 5.92 Å². The van der Waals surface area contributed by atoms with Crippen LogP contribution in [0.5, 0.6) is 0 Å². The predicted octanol–water partition coefficient (Wildman–Crippen LogP) is 0.224. The van der Waals surface area contributed by atoms with E-state index in [0.29, 0.717) is 6.54 Å². The Morgan fingerprint density at radius 3 is 2.88 bits per heavy atom. The summed E-state index contributed by atoms with van der Waals surface area (Å²) in [5.41, 5.74) is 2.49. The first-order valence-corrected chi connectivity index (χ1v) is 8.53. The van der Waals surface area contributed by atoms with E-state index in [-0.39, 0.29) is 30.2 Å². The second kappa shape index (κ2) is 7.71. The maximum absolute atomic E-state index is 12.3. The van der Waals surface area contributed by atoms with E-state index in [2.05, 4.69) is 38.4 Å². The summed E-state index contributed by atoms with van der Waals surface area (Å²) in [6.07, 6.45) is 6.53. The minimum Gasteiger partial charge on any atom is -0.396 e. The fourth-order valence-electron chi connectivity index (χ4n) is 3.21. The molecule has 0 spiro atoms. The van der Waals surface area contributed by atoms with E-state index in [1.807, 2.05) is 11.6 Å². The highest BCUT2D eigenvalue weighted by molar-refractivity contribution is 5.92. The lowest BCUT2D eigenvalue weighted by molar-refractivity contribution is 0.0915. The first-order valence-electron chi connectivity index (χ1n) is 8.53. The van der Waals surface area contributed by atoms with Crippen LogP contribution in [0.15, 0.2) is 24.8 Å². The molecule has 1 fully saturated rings. The Hall–Kier alpha value is -2.32. The summed E-state index contributed by atoms with van der Waals surface area (Å²) in [7, 11) is 0. The van der Waals surface area contributed by atoms with Crippen LogP contribution in [-0.4, -0.2) is 61.4 Å². The van der Waals surface area contributed by atoms with Gasteiger partial charge in [-0.15, -0.1) is 0 Å². The number of aliphatic hydroxyl groups excluding tert-OH is 1. The third-order valence-corrected chi connectivity index (χ3v) is 4.63. The van der Waals surface area contributed by atoms with Gasteiger partial charge in [-0.05, 0) is 13.8 Å². The van der Waals surface area contributed by atoms with E-state index in [1.165, 1.54) is 24.2 Å². The van der Waals surface area contributed by atoms with E-state index in [4.69, 9.17) is 0 Å². The molecule has 0 unspecified atom stereocenters. The van der Waals surface area contributed by atoms with Crippen LogP contribution in [-0.2, 0) is 13.1 Å². The van der Waals surface area contributed by atoms with Gasteiger partial charge >= 0.3 is 0 Å². The number of aryl methyl sites for hydroxylation is 2. The number of rotatable bonds is 6. The molecule has 134 valence electrons. The molecule has 0 bridgehead atoms. The normalized spacial score (nSPS) is 20.8. The molecule has 3 heterocycles. The van der Waals surface area contributed by atoms with Crippen molar-refractivity contribution in [1.29, 1.82) is 0 Å². The van der Waals surface area contributed by atoms with Gasteiger partial charge in [-0.2, -0.15) is 5.10 Å². The van der Waals surface area contributed by atoms with Gasteiger partial charge in [0.25, 0.3) is 5.91 Å². The highest BCUT2D eigenvalue weighted by atomic mass is 16.3. The van der Waals surface area contributed by atoms with Crippen LogP contribution in [0.4, 0.5) is 0 Å². The third kappa shape index (κ3) is 4.02. The van der Waals surface area contributed by atoms with Crippen LogP contribution in [0.2, 0.25) is 0 Å². The fourth-order valence-corrected chi connectivity index (χ4v) is 3.21. The number of aliphatic hydroxyl groups is 1. The van der Waals surface area contributed by atoms with Gasteiger partial charge < -0.3 is 10.4 Å². The molecule has 1 amide bonds. The van der Waals surface area contributed by atoms with Crippen molar-refractivity contribution in [1.82, 2.24) is 30.0 Å². The summed E-state index contributed by atoms with van der Waals surface area (Å²) in [6, 6.07) is -0.110. The quantitative estimate of drug-likeness (QED) is 0.778. The molecule has 8 heteroatoms. The van der Waals surface area contributed by atoms with Crippen LogP contribution >= 0.6 is 0 Å². The second-order valence-electron chi connectivity index (χ2n) is 6.40. The van der Waals surface area contributed by atoms with Gasteiger partial charge in [0.05, 0.1) is 11.9 Å². The number of likely N-dealkylation sites (tertiary alicyclic amines) is 1. The number of carbonyl (C=O) groups excluding carboxylic acids is 1. The maximum Gasteiger partial charge on any atom is 0.271 e. The Labute approximate surface area is 146 Å². The van der Waals surface area contributed by atoms with Crippen molar-refractivity contribution in [3.8, 4) is 0 Å². The zero-order valence-corrected chi connectivity index (χ0v) is 14.6. The Bertz CT molecular complexity index is 717. The number of nitrogens with one attached hydrogen (secondary N) is 1. The molecule has 0 radical (unpaired) electrons. The van der Waals surface area contributed by atoms with Crippen molar-refractivity contribution in [3.63, 3.8) is 0 Å². The van der Waals surface area contributed by atoms with E-state index in [1.54, 1.807) is 0 Å². The molecular formula is C17H24N6O2. The minimum absolute atomic E-state index is 0.00199. The van der Waals surface area contributed by atoms with Crippen LogP contribution < -0.4 is 5.32 Å². The van der Waals surface area contributed by atoms with Gasteiger partial charge in [0.2, 0.25) is 0 Å². The molecule has 0 aromatic carbocycles. The van der Waals surface area contributed by atoms with Crippen LogP contribution in [0.3, 0.4) is 0 Å². The highest BCUT2D eigenvalue weighted by Gasteiger charge is 2.34. The smallest absolute Gasteiger partial charge is 0.271 e. The topological polar surface area (TPSA) is 96.2 Å². The third-order valence-electron chi connectivity index (χ3n) is 4.63. The summed E-state index contributed by atoms with van der Waals surface area (Å²) in [5, 5.41) is 17.1. The minimum atomic E-state index is -0.256. The number of hydrogen-bond donors (Lipinski definition) is 2. The van der Waals surface area contributed by atoms with Gasteiger partial charge in [0.1, 0.15) is 5.69 Å². The lowest BCUT2D eigenvalue weighted by Gasteiger charge is -2.17. The molecule has 3 rings (SSSR count). The summed E-state index contributed by atoms with van der Waals surface area (Å²) < 4.78 is 1.93. The van der Waals surface area contributed by atoms with Gasteiger partial charge in [-0.25, -0.2) is 4.98 Å². The number of carbonyl (C=O) groups is 1. The standard InChI is InChI=1S/C17H24N6O2/c1-3-23-9-13(12(2)21-23)7-22-8-14(11-24)16(10-22)20-17(25)15-6-18-4-5-19-15/h4-6,9,14,16,24H,3,7-8,10-11H2,1-2H3,(H,20,25)/t14-,16+/m0/s1. The Morgan fingerprint density at radius 1 is 1.40 bits per heavy atom. The molecule has 1 aliphatic rings. The number of hydrogen-bond acceptors (Lipinski definition) is 6. The summed E-state index contributed by atoms with van der Waals surface area (Å²) >= 11 is 0. The zero-order valence-electron chi connectivity index (χ0n) is 14.6. The van der Waals surface area contributed by atoms with Crippen molar-refractivity contribution in [2.75, 3.05) is 19.7 Å². The highest BCUT2D eigenvalue weighted by Crippen LogP contribution is 2.20. The Morgan fingerprint density at radius 2 is 2.24 bits per heavy atom. The predicted molar refractivity (Wildman–Crippen MR) is 91.8 cm³/mol. The largest absolute Gasteiger partial charge is 0.396 e. The molecule has 2 atom stereocenters. The van der Waals surface area contributed by atoms with E-state index >= 15 is 0 Å². The van der Waals surface area contributed by atoms with E-state index in [9.17, 15) is 9.90 Å². The van der Waals surface area contributed by atoms with Crippen molar-refractivity contribution in [2.45, 2.75) is 33.0 Å². The Kier molecular flexibility index (Phi) is 5.40. The molecule has 1 saturated heterocycles. The van der Waals surface area contributed by atoms with E-state index < -0.39 is 0 Å². The molecule has 8 nitrogen and oxygen atoms in total. The van der Waals surface area contributed by atoms with Crippen molar-refractivity contribution in [3.05, 3.63) is 41.7 Å². The monoisotopic (exact) mass is 344 g/mol. The van der Waals surface area contributed by atoms with Crippen molar-refractivity contribution < 1.29 is 9.90 Å². The summed E-state index contributed by atoms with van der Waals surface area (Å²) in [5.74, 6) is -0.254. The average Bonchev–Trinajstić information content (AvgIpc) is 3.18. The lowest BCUT2D eigenvalue weighted by atomic mass is 10.1. The van der Waals surface area contributed by atoms with Gasteiger partial charge in [-0.1, -0.05) is 0 Å². The average molecular weight is 344 g/mol.